The topological polar surface area (TPSA) is 72.3 Å². The molecular formula is C12H14N2O3. The molecule has 5 heteroatoms. The zero-order valence-electron chi connectivity index (χ0n) is 9.69. The van der Waals surface area contributed by atoms with E-state index in [9.17, 15) is 9.90 Å². The lowest BCUT2D eigenvalue weighted by molar-refractivity contribution is -0.140. The Morgan fingerprint density at radius 2 is 2.18 bits per heavy atom. The number of aryl methyl sites for hydroxylation is 1. The second-order valence-electron chi connectivity index (χ2n) is 4.73. The Morgan fingerprint density at radius 3 is 2.82 bits per heavy atom. The Hall–Kier alpha value is -1.49. The molecule has 2 heterocycles. The highest BCUT2D eigenvalue weighted by molar-refractivity contribution is 5.84. The highest BCUT2D eigenvalue weighted by Crippen LogP contribution is 2.49. The molecule has 1 fully saturated rings. The van der Waals surface area contributed by atoms with Crippen molar-refractivity contribution in [2.45, 2.75) is 38.2 Å². The van der Waals surface area contributed by atoms with Crippen LogP contribution < -0.4 is 0 Å². The van der Waals surface area contributed by atoms with Gasteiger partial charge in [0.2, 0.25) is 0 Å². The van der Waals surface area contributed by atoms with Crippen molar-refractivity contribution in [1.82, 2.24) is 9.97 Å². The van der Waals surface area contributed by atoms with Crippen molar-refractivity contribution in [3.63, 3.8) is 0 Å². The Balaban J connectivity index is 2.16. The number of fused-ring (bicyclic) bond motifs is 1. The van der Waals surface area contributed by atoms with Gasteiger partial charge in [0, 0.05) is 12.0 Å². The number of ether oxygens (including phenoxy) is 1. The molecule has 1 aromatic rings. The zero-order chi connectivity index (χ0) is 12.0. The van der Waals surface area contributed by atoms with Crippen molar-refractivity contribution in [3.05, 3.63) is 22.8 Å². The molecule has 0 bridgehead atoms. The van der Waals surface area contributed by atoms with Gasteiger partial charge in [0.05, 0.1) is 24.6 Å². The van der Waals surface area contributed by atoms with Crippen LogP contribution in [0.3, 0.4) is 0 Å². The molecule has 0 radical (unpaired) electrons. The minimum Gasteiger partial charge on any atom is -0.481 e. The Kier molecular flexibility index (Phi) is 2.19. The average molecular weight is 234 g/mol. The predicted molar refractivity (Wildman–Crippen MR) is 58.7 cm³/mol. The van der Waals surface area contributed by atoms with Gasteiger partial charge in [-0.25, -0.2) is 9.97 Å². The number of carbonyl (C=O) groups is 1. The minimum absolute atomic E-state index is 0.444. The smallest absolute Gasteiger partial charge is 0.315 e. The molecule has 0 aromatic carbocycles. The largest absolute Gasteiger partial charge is 0.481 e. The number of nitrogens with zero attached hydrogens (tertiary/aromatic N) is 2. The standard InChI is InChI=1S/C12H14N2O3/c1-7-13-9-2-5-17-6-8(9)10(14-7)12(3-4-12)11(15)16/h2-6H2,1H3,(H,15,16). The van der Waals surface area contributed by atoms with Crippen molar-refractivity contribution >= 4 is 5.97 Å². The molecule has 0 amide bonds. The van der Waals surface area contributed by atoms with Gasteiger partial charge >= 0.3 is 5.97 Å². The van der Waals surface area contributed by atoms with E-state index in [1.807, 2.05) is 6.92 Å². The van der Waals surface area contributed by atoms with Gasteiger partial charge in [-0.2, -0.15) is 0 Å². The second-order valence-corrected chi connectivity index (χ2v) is 4.73. The molecule has 90 valence electrons. The first-order valence-electron chi connectivity index (χ1n) is 5.81. The maximum Gasteiger partial charge on any atom is 0.315 e. The normalized spacial score (nSPS) is 20.8. The zero-order valence-corrected chi connectivity index (χ0v) is 9.69. The van der Waals surface area contributed by atoms with Gasteiger partial charge in [-0.1, -0.05) is 0 Å². The molecule has 1 N–H and O–H groups in total. The number of rotatable bonds is 2. The number of hydrogen-bond acceptors (Lipinski definition) is 4. The van der Waals surface area contributed by atoms with Crippen LogP contribution in [0.1, 0.15) is 35.6 Å². The first-order valence-corrected chi connectivity index (χ1v) is 5.81. The summed E-state index contributed by atoms with van der Waals surface area (Å²) in [5.74, 6) is -0.114. The van der Waals surface area contributed by atoms with Crippen molar-refractivity contribution in [3.8, 4) is 0 Å². The molecule has 2 aliphatic rings. The fraction of sp³-hybridized carbons (Fsp3) is 0.583. The lowest BCUT2D eigenvalue weighted by Crippen LogP contribution is -2.27. The van der Waals surface area contributed by atoms with Crippen molar-refractivity contribution < 1.29 is 14.6 Å². The highest BCUT2D eigenvalue weighted by Gasteiger charge is 2.54. The molecule has 0 atom stereocenters. The maximum absolute atomic E-state index is 11.4. The van der Waals surface area contributed by atoms with E-state index in [2.05, 4.69) is 9.97 Å². The number of aliphatic carboxylic acids is 1. The summed E-state index contributed by atoms with van der Waals surface area (Å²) >= 11 is 0. The summed E-state index contributed by atoms with van der Waals surface area (Å²) in [7, 11) is 0. The van der Waals surface area contributed by atoms with E-state index in [4.69, 9.17) is 4.74 Å². The third-order valence-corrected chi connectivity index (χ3v) is 3.55. The van der Waals surface area contributed by atoms with Crippen LogP contribution in [0.2, 0.25) is 0 Å². The molecule has 1 saturated carbocycles. The van der Waals surface area contributed by atoms with Gasteiger partial charge < -0.3 is 9.84 Å². The summed E-state index contributed by atoms with van der Waals surface area (Å²) in [5, 5.41) is 9.35. The molecule has 0 unspecified atom stereocenters. The van der Waals surface area contributed by atoms with E-state index in [1.54, 1.807) is 0 Å². The lowest BCUT2D eigenvalue weighted by Gasteiger charge is -2.21. The Morgan fingerprint density at radius 1 is 1.41 bits per heavy atom. The molecule has 3 rings (SSSR count). The summed E-state index contributed by atoms with van der Waals surface area (Å²) in [5.41, 5.74) is 1.79. The lowest BCUT2D eigenvalue weighted by atomic mass is 9.95. The molecule has 17 heavy (non-hydrogen) atoms. The average Bonchev–Trinajstić information content (AvgIpc) is 3.09. The number of aromatic nitrogens is 2. The van der Waals surface area contributed by atoms with Gasteiger partial charge in [-0.05, 0) is 19.8 Å². The van der Waals surface area contributed by atoms with Crippen LogP contribution in [0, 0.1) is 6.92 Å². The summed E-state index contributed by atoms with van der Waals surface area (Å²) in [6.07, 6.45) is 2.10. The summed E-state index contributed by atoms with van der Waals surface area (Å²) < 4.78 is 5.41. The van der Waals surface area contributed by atoms with Crippen molar-refractivity contribution in [1.29, 1.82) is 0 Å². The summed E-state index contributed by atoms with van der Waals surface area (Å²) in [4.78, 5) is 20.1. The third kappa shape index (κ3) is 1.53. The Labute approximate surface area is 98.8 Å². The number of carboxylic acids is 1. The highest BCUT2D eigenvalue weighted by atomic mass is 16.5. The predicted octanol–water partition coefficient (Wildman–Crippen LogP) is 0.974. The maximum atomic E-state index is 11.4. The van der Waals surface area contributed by atoms with Crippen LogP contribution in [0.5, 0.6) is 0 Å². The molecular weight excluding hydrogens is 220 g/mol. The van der Waals surface area contributed by atoms with Crippen LogP contribution >= 0.6 is 0 Å². The number of hydrogen-bond donors (Lipinski definition) is 1. The van der Waals surface area contributed by atoms with Gasteiger partial charge in [-0.3, -0.25) is 4.79 Å². The van der Waals surface area contributed by atoms with Crippen LogP contribution in [0.25, 0.3) is 0 Å². The molecule has 5 nitrogen and oxygen atoms in total. The van der Waals surface area contributed by atoms with E-state index in [0.29, 0.717) is 37.6 Å². The van der Waals surface area contributed by atoms with E-state index in [0.717, 1.165) is 17.7 Å². The van der Waals surface area contributed by atoms with E-state index in [1.165, 1.54) is 0 Å². The minimum atomic E-state index is -0.775. The third-order valence-electron chi connectivity index (χ3n) is 3.55. The monoisotopic (exact) mass is 234 g/mol. The van der Waals surface area contributed by atoms with Crippen LogP contribution in [-0.4, -0.2) is 27.7 Å². The first-order chi connectivity index (χ1) is 8.13. The van der Waals surface area contributed by atoms with Gasteiger partial charge in [0.15, 0.2) is 0 Å². The van der Waals surface area contributed by atoms with Crippen LogP contribution in [-0.2, 0) is 28.0 Å². The first kappa shape index (κ1) is 10.7. The second kappa shape index (κ2) is 3.50. The molecule has 1 aliphatic carbocycles. The molecule has 0 saturated heterocycles. The van der Waals surface area contributed by atoms with Crippen LogP contribution in [0.4, 0.5) is 0 Å². The van der Waals surface area contributed by atoms with Crippen molar-refractivity contribution in [2.75, 3.05) is 6.61 Å². The van der Waals surface area contributed by atoms with E-state index < -0.39 is 11.4 Å². The Bertz CT molecular complexity index is 495. The van der Waals surface area contributed by atoms with Gasteiger partial charge in [-0.15, -0.1) is 0 Å². The van der Waals surface area contributed by atoms with Crippen molar-refractivity contribution in [2.24, 2.45) is 0 Å². The summed E-state index contributed by atoms with van der Waals surface area (Å²) in [6.45, 7) is 2.92. The SMILES string of the molecule is Cc1nc2c(c(C3(C(=O)O)CC3)n1)COCC2. The molecule has 0 spiro atoms. The number of carboxylic acid groups (broad SMARTS) is 1. The van der Waals surface area contributed by atoms with Crippen LogP contribution in [0.15, 0.2) is 0 Å². The van der Waals surface area contributed by atoms with Gasteiger partial charge in [0.1, 0.15) is 11.2 Å². The van der Waals surface area contributed by atoms with E-state index >= 15 is 0 Å². The fourth-order valence-corrected chi connectivity index (χ4v) is 2.43. The molecule has 1 aromatic heterocycles. The summed E-state index contributed by atoms with van der Waals surface area (Å²) in [6, 6.07) is 0. The molecule has 1 aliphatic heterocycles. The quantitative estimate of drug-likeness (QED) is 0.825. The van der Waals surface area contributed by atoms with Gasteiger partial charge in [0.25, 0.3) is 0 Å². The van der Waals surface area contributed by atoms with E-state index in [-0.39, 0.29) is 0 Å². The fourth-order valence-electron chi connectivity index (χ4n) is 2.43.